The number of sulfonamides is 1. The van der Waals surface area contributed by atoms with Crippen molar-refractivity contribution in [2.24, 2.45) is 0 Å². The van der Waals surface area contributed by atoms with Crippen molar-refractivity contribution in [1.29, 1.82) is 0 Å². The van der Waals surface area contributed by atoms with Crippen molar-refractivity contribution in [1.82, 2.24) is 9.88 Å². The van der Waals surface area contributed by atoms with Gasteiger partial charge in [-0.25, -0.2) is 8.42 Å². The molecule has 3 aromatic heterocycles. The zero-order chi connectivity index (χ0) is 15.7. The SMILES string of the molecule is Cc1noc(C)c1S(=O)(=O)NC(c1ccsc1)c1cccs1. The predicted molar refractivity (Wildman–Crippen MR) is 86.8 cm³/mol. The Morgan fingerprint density at radius 3 is 2.64 bits per heavy atom. The topological polar surface area (TPSA) is 72.2 Å². The lowest BCUT2D eigenvalue weighted by atomic mass is 10.1. The molecule has 0 amide bonds. The first-order valence-corrected chi connectivity index (χ1v) is 9.80. The van der Waals surface area contributed by atoms with Crippen LogP contribution in [0.25, 0.3) is 0 Å². The van der Waals surface area contributed by atoms with E-state index < -0.39 is 16.1 Å². The Hall–Kier alpha value is -1.48. The average molecular weight is 354 g/mol. The fourth-order valence-electron chi connectivity index (χ4n) is 2.26. The van der Waals surface area contributed by atoms with Crippen molar-refractivity contribution in [2.75, 3.05) is 0 Å². The number of thiophene rings is 2. The third-order valence-corrected chi connectivity index (χ3v) is 6.52. The van der Waals surface area contributed by atoms with E-state index in [1.165, 1.54) is 22.7 Å². The molecule has 1 atom stereocenters. The normalized spacial score (nSPS) is 13.4. The minimum absolute atomic E-state index is 0.115. The second-order valence-electron chi connectivity index (χ2n) is 4.78. The molecular formula is C14H14N2O3S3. The van der Waals surface area contributed by atoms with Gasteiger partial charge in [0.15, 0.2) is 5.76 Å². The molecule has 3 rings (SSSR count). The molecule has 0 bridgehead atoms. The summed E-state index contributed by atoms with van der Waals surface area (Å²) in [6.07, 6.45) is 0. The van der Waals surface area contributed by atoms with Crippen molar-refractivity contribution in [3.05, 3.63) is 56.2 Å². The summed E-state index contributed by atoms with van der Waals surface area (Å²) in [5, 5.41) is 9.53. The first kappa shape index (κ1) is 15.4. The number of rotatable bonds is 5. The van der Waals surface area contributed by atoms with E-state index >= 15 is 0 Å². The van der Waals surface area contributed by atoms with Crippen LogP contribution >= 0.6 is 22.7 Å². The Kier molecular flexibility index (Phi) is 4.18. The fourth-order valence-corrected chi connectivity index (χ4v) is 5.35. The molecule has 1 unspecified atom stereocenters. The highest BCUT2D eigenvalue weighted by atomic mass is 32.2. The molecule has 0 saturated heterocycles. The van der Waals surface area contributed by atoms with E-state index in [1.54, 1.807) is 13.8 Å². The highest BCUT2D eigenvalue weighted by molar-refractivity contribution is 7.89. The van der Waals surface area contributed by atoms with Crippen LogP contribution in [0.5, 0.6) is 0 Å². The van der Waals surface area contributed by atoms with Crippen LogP contribution in [0.1, 0.15) is 27.9 Å². The summed E-state index contributed by atoms with van der Waals surface area (Å²) >= 11 is 3.05. The first-order valence-electron chi connectivity index (χ1n) is 6.50. The minimum Gasteiger partial charge on any atom is -0.360 e. The van der Waals surface area contributed by atoms with Gasteiger partial charge in [-0.1, -0.05) is 11.2 Å². The highest BCUT2D eigenvalue weighted by Gasteiger charge is 2.29. The number of nitrogens with one attached hydrogen (secondary N) is 1. The van der Waals surface area contributed by atoms with Gasteiger partial charge in [0.1, 0.15) is 10.6 Å². The summed E-state index contributed by atoms with van der Waals surface area (Å²) in [5.41, 5.74) is 1.28. The first-order chi connectivity index (χ1) is 10.5. The largest absolute Gasteiger partial charge is 0.360 e. The summed E-state index contributed by atoms with van der Waals surface area (Å²) in [4.78, 5) is 1.05. The number of aryl methyl sites for hydroxylation is 2. The van der Waals surface area contributed by atoms with Gasteiger partial charge in [0, 0.05) is 4.88 Å². The van der Waals surface area contributed by atoms with Crippen LogP contribution in [0.15, 0.2) is 43.8 Å². The van der Waals surface area contributed by atoms with E-state index in [4.69, 9.17) is 4.52 Å². The predicted octanol–water partition coefficient (Wildman–Crippen LogP) is 3.48. The Morgan fingerprint density at radius 1 is 1.27 bits per heavy atom. The maximum Gasteiger partial charge on any atom is 0.246 e. The summed E-state index contributed by atoms with van der Waals surface area (Å²) in [6.45, 7) is 3.22. The third-order valence-electron chi connectivity index (χ3n) is 3.21. The Balaban J connectivity index is 2.01. The van der Waals surface area contributed by atoms with Gasteiger partial charge >= 0.3 is 0 Å². The molecule has 0 radical (unpaired) electrons. The Bertz CT molecular complexity index is 796. The molecule has 0 saturated carbocycles. The van der Waals surface area contributed by atoms with Crippen molar-refractivity contribution >= 4 is 32.7 Å². The van der Waals surface area contributed by atoms with E-state index in [9.17, 15) is 8.42 Å². The molecule has 0 aliphatic rings. The third kappa shape index (κ3) is 2.87. The van der Waals surface area contributed by atoms with Gasteiger partial charge in [-0.2, -0.15) is 16.1 Å². The van der Waals surface area contributed by atoms with Gasteiger partial charge in [0.25, 0.3) is 0 Å². The summed E-state index contributed by atoms with van der Waals surface area (Å²) in [7, 11) is -3.72. The lowest BCUT2D eigenvalue weighted by Crippen LogP contribution is -2.29. The minimum atomic E-state index is -3.72. The van der Waals surface area contributed by atoms with Gasteiger partial charge < -0.3 is 4.52 Å². The molecule has 3 aromatic rings. The van der Waals surface area contributed by atoms with Crippen LogP contribution in [0.2, 0.25) is 0 Å². The molecular weight excluding hydrogens is 340 g/mol. The molecule has 3 heterocycles. The van der Waals surface area contributed by atoms with E-state index in [1.807, 2.05) is 34.3 Å². The molecule has 5 nitrogen and oxygen atoms in total. The van der Waals surface area contributed by atoms with Crippen LogP contribution in [0, 0.1) is 13.8 Å². The van der Waals surface area contributed by atoms with Crippen LogP contribution in [0.4, 0.5) is 0 Å². The standard InChI is InChI=1S/C14H14N2O3S3/c1-9-14(10(2)19-15-9)22(17,18)16-13(11-5-7-20-8-11)12-4-3-6-21-12/h3-8,13,16H,1-2H3. The molecule has 1 N–H and O–H groups in total. The second-order valence-corrected chi connectivity index (χ2v) is 8.19. The summed E-state index contributed by atoms with van der Waals surface area (Å²) < 4.78 is 33.2. The maximum atomic E-state index is 12.7. The quantitative estimate of drug-likeness (QED) is 0.761. The Labute approximate surface area is 136 Å². The zero-order valence-corrected chi connectivity index (χ0v) is 14.4. The molecule has 0 aliphatic carbocycles. The lowest BCUT2D eigenvalue weighted by molar-refractivity contribution is 0.390. The van der Waals surface area contributed by atoms with Crippen LogP contribution in [0.3, 0.4) is 0 Å². The highest BCUT2D eigenvalue weighted by Crippen LogP contribution is 2.30. The van der Waals surface area contributed by atoms with Crippen LogP contribution in [-0.4, -0.2) is 13.6 Å². The number of nitrogens with zero attached hydrogens (tertiary/aromatic N) is 1. The molecule has 22 heavy (non-hydrogen) atoms. The van der Waals surface area contributed by atoms with Crippen LogP contribution in [-0.2, 0) is 10.0 Å². The molecule has 0 spiro atoms. The molecule has 116 valence electrons. The number of hydrogen-bond acceptors (Lipinski definition) is 6. The molecule has 0 fully saturated rings. The molecule has 8 heteroatoms. The zero-order valence-electron chi connectivity index (χ0n) is 11.9. The van der Waals surface area contributed by atoms with E-state index in [0.717, 1.165) is 10.4 Å². The van der Waals surface area contributed by atoms with E-state index in [0.29, 0.717) is 11.5 Å². The number of aromatic nitrogens is 1. The van der Waals surface area contributed by atoms with Crippen molar-refractivity contribution in [2.45, 2.75) is 24.8 Å². The van der Waals surface area contributed by atoms with E-state index in [2.05, 4.69) is 9.88 Å². The Morgan fingerprint density at radius 2 is 2.09 bits per heavy atom. The smallest absolute Gasteiger partial charge is 0.246 e. The van der Waals surface area contributed by atoms with Gasteiger partial charge in [-0.05, 0) is 47.7 Å². The van der Waals surface area contributed by atoms with Crippen molar-refractivity contribution < 1.29 is 12.9 Å². The monoisotopic (exact) mass is 354 g/mol. The van der Waals surface area contributed by atoms with E-state index in [-0.39, 0.29) is 4.90 Å². The van der Waals surface area contributed by atoms with Crippen LogP contribution < -0.4 is 4.72 Å². The molecule has 0 aliphatic heterocycles. The number of hydrogen-bond donors (Lipinski definition) is 1. The van der Waals surface area contributed by atoms with Gasteiger partial charge in [0.2, 0.25) is 10.0 Å². The van der Waals surface area contributed by atoms with Gasteiger partial charge in [0.05, 0.1) is 6.04 Å². The lowest BCUT2D eigenvalue weighted by Gasteiger charge is -2.16. The van der Waals surface area contributed by atoms with Gasteiger partial charge in [-0.15, -0.1) is 11.3 Å². The maximum absolute atomic E-state index is 12.7. The van der Waals surface area contributed by atoms with Gasteiger partial charge in [-0.3, -0.25) is 0 Å². The fraction of sp³-hybridized carbons (Fsp3) is 0.214. The molecule has 0 aromatic carbocycles. The second kappa shape index (κ2) is 5.96. The summed E-state index contributed by atoms with van der Waals surface area (Å²) in [5.74, 6) is 0.292. The average Bonchev–Trinajstić information content (AvgIpc) is 3.17. The summed E-state index contributed by atoms with van der Waals surface area (Å²) in [6, 6.07) is 5.34. The van der Waals surface area contributed by atoms with Crippen molar-refractivity contribution in [3.8, 4) is 0 Å². The van der Waals surface area contributed by atoms with Crippen molar-refractivity contribution in [3.63, 3.8) is 0 Å².